The van der Waals surface area contributed by atoms with E-state index in [2.05, 4.69) is 10.3 Å². The van der Waals surface area contributed by atoms with Gasteiger partial charge in [-0.2, -0.15) is 13.2 Å². The third kappa shape index (κ3) is 5.58. The van der Waals surface area contributed by atoms with Crippen LogP contribution < -0.4 is 10.1 Å². The first-order valence-electron chi connectivity index (χ1n) is 10.9. The second-order valence-electron chi connectivity index (χ2n) is 8.44. The van der Waals surface area contributed by atoms with Crippen molar-refractivity contribution in [1.82, 2.24) is 10.3 Å². The predicted molar refractivity (Wildman–Crippen MR) is 121 cm³/mol. The van der Waals surface area contributed by atoms with Crippen molar-refractivity contribution in [2.75, 3.05) is 0 Å². The van der Waals surface area contributed by atoms with Gasteiger partial charge in [0.05, 0.1) is 11.6 Å². The quantitative estimate of drug-likeness (QED) is 0.447. The number of ether oxygens (including phenoxy) is 1. The molecule has 0 bridgehead atoms. The van der Waals surface area contributed by atoms with E-state index in [0.717, 1.165) is 18.9 Å². The fraction of sp³-hybridized carbons (Fsp3) is 0.360. The number of hydrogen-bond acceptors (Lipinski definition) is 3. The summed E-state index contributed by atoms with van der Waals surface area (Å²) in [7, 11) is 0. The molecule has 3 aromatic rings. The largest absolute Gasteiger partial charge is 0.490 e. The molecule has 1 aliphatic carbocycles. The van der Waals surface area contributed by atoms with Gasteiger partial charge in [0.15, 0.2) is 0 Å². The number of hydrogen-bond donors (Lipinski definition) is 1. The number of fused-ring (bicyclic) bond motifs is 1. The number of aromatic nitrogens is 1. The third-order valence-electron chi connectivity index (χ3n) is 6.15. The zero-order valence-electron chi connectivity index (χ0n) is 18.0. The molecule has 1 atom stereocenters. The van der Waals surface area contributed by atoms with Crippen molar-refractivity contribution >= 4 is 28.4 Å². The van der Waals surface area contributed by atoms with Crippen LogP contribution in [0.25, 0.3) is 10.9 Å². The maximum Gasteiger partial charge on any atom is 0.433 e. The number of carbonyl (C=O) groups is 1. The van der Waals surface area contributed by atoms with E-state index in [1.165, 1.54) is 0 Å². The van der Waals surface area contributed by atoms with E-state index >= 15 is 0 Å². The van der Waals surface area contributed by atoms with Gasteiger partial charge in [-0.25, -0.2) is 4.98 Å². The molecule has 1 fully saturated rings. The molecule has 4 rings (SSSR count). The van der Waals surface area contributed by atoms with Crippen molar-refractivity contribution in [3.8, 4) is 5.75 Å². The lowest BCUT2D eigenvalue weighted by Gasteiger charge is -2.33. The summed E-state index contributed by atoms with van der Waals surface area (Å²) in [5.74, 6) is 0.321. The highest BCUT2D eigenvalue weighted by molar-refractivity contribution is 6.30. The van der Waals surface area contributed by atoms with Crippen LogP contribution >= 0.6 is 11.6 Å². The Morgan fingerprint density at radius 3 is 2.42 bits per heavy atom. The van der Waals surface area contributed by atoms with E-state index in [-0.39, 0.29) is 35.2 Å². The van der Waals surface area contributed by atoms with Crippen LogP contribution in [-0.4, -0.2) is 23.0 Å². The maximum absolute atomic E-state index is 13.3. The third-order valence-corrected chi connectivity index (χ3v) is 6.41. The zero-order valence-corrected chi connectivity index (χ0v) is 18.8. The SMILES string of the molecule is CC(NC(=O)c1ccc(Cl)cc1)[C@H]1CC[C@@H](Oc2cc(C(F)(F)F)nc3ccccc23)CC1. The number of para-hydroxylation sites is 1. The minimum atomic E-state index is -4.54. The molecule has 1 aromatic heterocycles. The summed E-state index contributed by atoms with van der Waals surface area (Å²) in [6.45, 7) is 1.98. The number of halogens is 4. The van der Waals surface area contributed by atoms with E-state index in [0.29, 0.717) is 28.8 Å². The minimum absolute atomic E-state index is 0.0345. The van der Waals surface area contributed by atoms with Gasteiger partial charge in [-0.3, -0.25) is 4.79 Å². The van der Waals surface area contributed by atoms with Crippen molar-refractivity contribution in [3.63, 3.8) is 0 Å². The lowest BCUT2D eigenvalue weighted by Crippen LogP contribution is -2.40. The van der Waals surface area contributed by atoms with E-state index in [9.17, 15) is 18.0 Å². The smallest absolute Gasteiger partial charge is 0.433 e. The van der Waals surface area contributed by atoms with Crippen molar-refractivity contribution < 1.29 is 22.7 Å². The molecular formula is C25H24ClF3N2O2. The number of amides is 1. The van der Waals surface area contributed by atoms with Crippen LogP contribution in [0.4, 0.5) is 13.2 Å². The average molecular weight is 477 g/mol. The van der Waals surface area contributed by atoms with E-state index in [1.54, 1.807) is 48.5 Å². The topological polar surface area (TPSA) is 51.2 Å². The molecular weight excluding hydrogens is 453 g/mol. The predicted octanol–water partition coefficient (Wildman–Crippen LogP) is 6.66. The van der Waals surface area contributed by atoms with Gasteiger partial charge in [0.2, 0.25) is 0 Å². The molecule has 4 nitrogen and oxygen atoms in total. The highest BCUT2D eigenvalue weighted by atomic mass is 35.5. The number of pyridine rings is 1. The first-order chi connectivity index (χ1) is 15.7. The van der Waals surface area contributed by atoms with Crippen LogP contribution in [0.5, 0.6) is 5.75 Å². The molecule has 1 heterocycles. The van der Waals surface area contributed by atoms with Gasteiger partial charge in [0.25, 0.3) is 5.91 Å². The number of nitrogens with one attached hydrogen (secondary N) is 1. The summed E-state index contributed by atoms with van der Waals surface area (Å²) in [5.41, 5.74) is -0.147. The monoisotopic (exact) mass is 476 g/mol. The molecule has 1 N–H and O–H groups in total. The summed E-state index contributed by atoms with van der Waals surface area (Å²) >= 11 is 5.88. The van der Waals surface area contributed by atoms with Crippen LogP contribution in [-0.2, 0) is 6.18 Å². The summed E-state index contributed by atoms with van der Waals surface area (Å²) in [4.78, 5) is 16.2. The molecule has 1 saturated carbocycles. The number of benzene rings is 2. The molecule has 174 valence electrons. The van der Waals surface area contributed by atoms with E-state index < -0.39 is 11.9 Å². The standard InChI is InChI=1S/C25H24ClF3N2O2/c1-15(30-24(32)17-6-10-18(26)11-7-17)16-8-12-19(13-9-16)33-22-14-23(25(27,28)29)31-21-5-3-2-4-20(21)22/h2-7,10-11,14-16,19H,8-9,12-13H2,1H3,(H,30,32)/t15?,16-,19+. The molecule has 8 heteroatoms. The molecule has 2 aromatic carbocycles. The van der Waals surface area contributed by atoms with Crippen LogP contribution in [0, 0.1) is 5.92 Å². The second-order valence-corrected chi connectivity index (χ2v) is 8.88. The van der Waals surface area contributed by atoms with Gasteiger partial charge in [-0.05, 0) is 74.9 Å². The van der Waals surface area contributed by atoms with Crippen molar-refractivity contribution in [3.05, 3.63) is 70.9 Å². The Labute approximate surface area is 195 Å². The van der Waals surface area contributed by atoms with Gasteiger partial charge in [-0.1, -0.05) is 23.7 Å². The molecule has 1 amide bonds. The lowest BCUT2D eigenvalue weighted by atomic mass is 9.83. The summed E-state index contributed by atoms with van der Waals surface area (Å²) < 4.78 is 46.0. The molecule has 0 aliphatic heterocycles. The van der Waals surface area contributed by atoms with E-state index in [4.69, 9.17) is 16.3 Å². The normalized spacial score (nSPS) is 19.8. The number of alkyl halides is 3. The highest BCUT2D eigenvalue weighted by Gasteiger charge is 2.34. The highest BCUT2D eigenvalue weighted by Crippen LogP contribution is 2.36. The van der Waals surface area contributed by atoms with Gasteiger partial charge in [0.1, 0.15) is 11.4 Å². The summed E-state index contributed by atoms with van der Waals surface area (Å²) in [6, 6.07) is 14.4. The van der Waals surface area contributed by atoms with Crippen LogP contribution in [0.2, 0.25) is 5.02 Å². The summed E-state index contributed by atoms with van der Waals surface area (Å²) in [5, 5.41) is 4.18. The molecule has 1 unspecified atom stereocenters. The molecule has 33 heavy (non-hydrogen) atoms. The first kappa shape index (κ1) is 23.4. The van der Waals surface area contributed by atoms with Gasteiger partial charge in [0, 0.05) is 28.1 Å². The zero-order chi connectivity index (χ0) is 23.6. The maximum atomic E-state index is 13.3. The second kappa shape index (κ2) is 9.59. The Morgan fingerprint density at radius 1 is 1.09 bits per heavy atom. The Bertz CT molecular complexity index is 1130. The Morgan fingerprint density at radius 2 is 1.76 bits per heavy atom. The first-order valence-corrected chi connectivity index (χ1v) is 11.3. The lowest BCUT2D eigenvalue weighted by molar-refractivity contribution is -0.141. The van der Waals surface area contributed by atoms with Gasteiger partial charge in [-0.15, -0.1) is 0 Å². The fourth-order valence-electron chi connectivity index (χ4n) is 4.28. The van der Waals surface area contributed by atoms with Crippen LogP contribution in [0.1, 0.15) is 48.7 Å². The van der Waals surface area contributed by atoms with Crippen molar-refractivity contribution in [2.24, 2.45) is 5.92 Å². The molecule has 0 saturated heterocycles. The number of carbonyl (C=O) groups excluding carboxylic acids is 1. The van der Waals surface area contributed by atoms with Crippen LogP contribution in [0.3, 0.4) is 0 Å². The van der Waals surface area contributed by atoms with Crippen LogP contribution in [0.15, 0.2) is 54.6 Å². The number of rotatable bonds is 5. The minimum Gasteiger partial charge on any atom is -0.490 e. The molecule has 0 radical (unpaired) electrons. The molecule has 1 aliphatic rings. The average Bonchev–Trinajstić information content (AvgIpc) is 2.79. The summed E-state index contributed by atoms with van der Waals surface area (Å²) in [6.07, 6.45) is -1.72. The fourth-order valence-corrected chi connectivity index (χ4v) is 4.41. The van der Waals surface area contributed by atoms with Gasteiger partial charge < -0.3 is 10.1 Å². The number of nitrogens with zero attached hydrogens (tertiary/aromatic N) is 1. The van der Waals surface area contributed by atoms with Crippen molar-refractivity contribution in [1.29, 1.82) is 0 Å². The Kier molecular flexibility index (Phi) is 6.79. The van der Waals surface area contributed by atoms with Gasteiger partial charge >= 0.3 is 6.18 Å². The van der Waals surface area contributed by atoms with Crippen molar-refractivity contribution in [2.45, 2.75) is 50.9 Å². The molecule has 0 spiro atoms. The Balaban J connectivity index is 1.39. The van der Waals surface area contributed by atoms with E-state index in [1.807, 2.05) is 6.92 Å². The Hall–Kier alpha value is -2.80.